The molecule has 0 aromatic heterocycles. The average molecular weight is 269 g/mol. The van der Waals surface area contributed by atoms with Gasteiger partial charge in [-0.05, 0) is 28.5 Å². The summed E-state index contributed by atoms with van der Waals surface area (Å²) in [5, 5.41) is 17.0. The van der Waals surface area contributed by atoms with E-state index in [1.54, 1.807) is 12.1 Å². The van der Waals surface area contributed by atoms with Crippen LogP contribution < -0.4 is 5.73 Å². The van der Waals surface area contributed by atoms with Gasteiger partial charge in [0.25, 0.3) is 0 Å². The molecule has 0 aliphatic heterocycles. The van der Waals surface area contributed by atoms with Crippen molar-refractivity contribution in [1.82, 2.24) is 0 Å². The number of benzene rings is 2. The molecule has 3 nitrogen and oxygen atoms in total. The highest BCUT2D eigenvalue weighted by molar-refractivity contribution is 7.80. The first-order valence-corrected chi connectivity index (χ1v) is 6.21. The van der Waals surface area contributed by atoms with Gasteiger partial charge >= 0.3 is 0 Å². The molecule has 2 aromatic carbocycles. The summed E-state index contributed by atoms with van der Waals surface area (Å²) in [6.07, 6.45) is 4.02. The molecule has 0 spiro atoms. The molecule has 4 heteroatoms. The van der Waals surface area contributed by atoms with E-state index in [1.807, 2.05) is 24.3 Å². The van der Waals surface area contributed by atoms with Crippen molar-refractivity contribution in [2.24, 2.45) is 0 Å². The van der Waals surface area contributed by atoms with Crippen LogP contribution >= 0.6 is 12.6 Å². The minimum Gasteiger partial charge on any atom is -0.398 e. The van der Waals surface area contributed by atoms with Crippen LogP contribution in [0.25, 0.3) is 10.8 Å². The first-order chi connectivity index (χ1) is 9.07. The van der Waals surface area contributed by atoms with Gasteiger partial charge in [0, 0.05) is 23.0 Å². The van der Waals surface area contributed by atoms with Crippen molar-refractivity contribution in [1.29, 1.82) is 10.8 Å². The predicted octanol–water partition coefficient (Wildman–Crippen LogP) is 3.43. The Balaban J connectivity index is 2.72. The van der Waals surface area contributed by atoms with Crippen molar-refractivity contribution in [3.63, 3.8) is 0 Å². The summed E-state index contributed by atoms with van der Waals surface area (Å²) in [4.78, 5) is 0.748. The number of rotatable bonds is 4. The maximum Gasteiger partial charge on any atom is 0.0821 e. The number of thiol groups is 1. The summed E-state index contributed by atoms with van der Waals surface area (Å²) in [5.41, 5.74) is 6.44. The van der Waals surface area contributed by atoms with Gasteiger partial charge in [0.05, 0.1) is 5.41 Å². The highest BCUT2D eigenvalue weighted by Crippen LogP contribution is 2.31. The van der Waals surface area contributed by atoms with E-state index in [2.05, 4.69) is 19.2 Å². The van der Waals surface area contributed by atoms with Gasteiger partial charge in [0.2, 0.25) is 0 Å². The molecule has 0 saturated heterocycles. The molecule has 0 aliphatic rings. The van der Waals surface area contributed by atoms with Crippen LogP contribution in [0.2, 0.25) is 0 Å². The summed E-state index contributed by atoms with van der Waals surface area (Å²) in [6, 6.07) is 9.44. The third-order valence-corrected chi connectivity index (χ3v) is 3.84. The van der Waals surface area contributed by atoms with Gasteiger partial charge in [0.15, 0.2) is 0 Å². The minimum absolute atomic E-state index is 0.637. The summed E-state index contributed by atoms with van der Waals surface area (Å²) < 4.78 is 0. The zero-order valence-electron chi connectivity index (χ0n) is 10.4. The standard InChI is InChI=1S/C15H15N3S/c1-2-15(8-16,9-17)11-4-5-12-10(7-11)3-6-13(18)14(12)19/h2-9,16-17,19H,1,18H2. The topological polar surface area (TPSA) is 73.7 Å². The number of nitrogens with one attached hydrogen (secondary N) is 2. The first kappa shape index (κ1) is 13.4. The van der Waals surface area contributed by atoms with Crippen LogP contribution in [-0.4, -0.2) is 12.4 Å². The van der Waals surface area contributed by atoms with Crippen molar-refractivity contribution in [3.05, 3.63) is 48.6 Å². The lowest BCUT2D eigenvalue weighted by atomic mass is 9.82. The molecule has 2 rings (SSSR count). The van der Waals surface area contributed by atoms with E-state index in [4.69, 9.17) is 16.6 Å². The van der Waals surface area contributed by atoms with E-state index >= 15 is 0 Å². The molecule has 0 heterocycles. The second-order valence-electron chi connectivity index (χ2n) is 4.37. The lowest BCUT2D eigenvalue weighted by molar-refractivity contribution is 1.00. The van der Waals surface area contributed by atoms with Crippen LogP contribution in [0.5, 0.6) is 0 Å². The van der Waals surface area contributed by atoms with E-state index < -0.39 is 5.41 Å². The van der Waals surface area contributed by atoms with Crippen molar-refractivity contribution in [2.75, 3.05) is 5.73 Å². The molecule has 0 radical (unpaired) electrons. The fourth-order valence-corrected chi connectivity index (χ4v) is 2.32. The second kappa shape index (κ2) is 4.90. The maximum absolute atomic E-state index is 7.55. The van der Waals surface area contributed by atoms with Crippen LogP contribution in [-0.2, 0) is 5.41 Å². The van der Waals surface area contributed by atoms with Crippen LogP contribution in [0.3, 0.4) is 0 Å². The lowest BCUT2D eigenvalue weighted by Crippen LogP contribution is -2.26. The summed E-state index contributed by atoms with van der Waals surface area (Å²) in [5.74, 6) is 0. The molecule has 0 amide bonds. The van der Waals surface area contributed by atoms with Gasteiger partial charge in [-0.25, -0.2) is 0 Å². The minimum atomic E-state index is -0.855. The van der Waals surface area contributed by atoms with Gasteiger partial charge in [-0.1, -0.05) is 24.3 Å². The van der Waals surface area contributed by atoms with Crippen LogP contribution in [0, 0.1) is 10.8 Å². The van der Waals surface area contributed by atoms with Gasteiger partial charge < -0.3 is 16.6 Å². The van der Waals surface area contributed by atoms with Gasteiger partial charge in [0.1, 0.15) is 0 Å². The summed E-state index contributed by atoms with van der Waals surface area (Å²) >= 11 is 4.40. The Morgan fingerprint density at radius 2 is 1.84 bits per heavy atom. The van der Waals surface area contributed by atoms with E-state index in [0.717, 1.165) is 21.2 Å². The molecule has 0 saturated carbocycles. The monoisotopic (exact) mass is 269 g/mol. The second-order valence-corrected chi connectivity index (χ2v) is 4.81. The van der Waals surface area contributed by atoms with E-state index in [9.17, 15) is 0 Å². The first-order valence-electron chi connectivity index (χ1n) is 5.76. The molecule has 0 bridgehead atoms. The van der Waals surface area contributed by atoms with Gasteiger partial charge in [-0.2, -0.15) is 0 Å². The zero-order chi connectivity index (χ0) is 14.0. The molecule has 4 N–H and O–H groups in total. The number of anilines is 1. The molecular weight excluding hydrogens is 254 g/mol. The molecule has 0 atom stereocenters. The predicted molar refractivity (Wildman–Crippen MR) is 85.1 cm³/mol. The number of allylic oxidation sites excluding steroid dienone is 1. The Morgan fingerprint density at radius 3 is 2.42 bits per heavy atom. The Labute approximate surface area is 117 Å². The van der Waals surface area contributed by atoms with E-state index in [1.165, 1.54) is 12.4 Å². The van der Waals surface area contributed by atoms with E-state index in [-0.39, 0.29) is 0 Å². The summed E-state index contributed by atoms with van der Waals surface area (Å²) in [6.45, 7) is 3.73. The Bertz CT molecular complexity index is 655. The molecule has 0 unspecified atom stereocenters. The molecule has 19 heavy (non-hydrogen) atoms. The fraction of sp³-hybridized carbons (Fsp3) is 0.0667. The Hall–Kier alpha value is -2.07. The number of hydrogen-bond acceptors (Lipinski definition) is 4. The van der Waals surface area contributed by atoms with Crippen molar-refractivity contribution in [3.8, 4) is 0 Å². The molecule has 0 aliphatic carbocycles. The van der Waals surface area contributed by atoms with Gasteiger partial charge in [-0.15, -0.1) is 19.2 Å². The zero-order valence-corrected chi connectivity index (χ0v) is 11.2. The molecule has 2 aromatic rings. The number of nitrogen functional groups attached to an aromatic ring is 1. The van der Waals surface area contributed by atoms with Gasteiger partial charge in [-0.3, -0.25) is 0 Å². The summed E-state index contributed by atoms with van der Waals surface area (Å²) in [7, 11) is 0. The number of hydrogen-bond donors (Lipinski definition) is 4. The number of nitrogens with two attached hydrogens (primary N) is 1. The molecule has 96 valence electrons. The largest absolute Gasteiger partial charge is 0.398 e. The van der Waals surface area contributed by atoms with Crippen molar-refractivity contribution < 1.29 is 0 Å². The Kier molecular flexibility index (Phi) is 3.44. The average Bonchev–Trinajstić information content (AvgIpc) is 2.45. The van der Waals surface area contributed by atoms with Crippen LogP contribution in [0.4, 0.5) is 5.69 Å². The normalized spacial score (nSPS) is 13.7. The smallest absolute Gasteiger partial charge is 0.0821 e. The quantitative estimate of drug-likeness (QED) is 0.292. The third-order valence-electron chi connectivity index (χ3n) is 3.34. The lowest BCUT2D eigenvalue weighted by Gasteiger charge is -2.21. The van der Waals surface area contributed by atoms with Crippen LogP contribution in [0.15, 0.2) is 47.9 Å². The van der Waals surface area contributed by atoms with Crippen LogP contribution in [0.1, 0.15) is 5.56 Å². The number of fused-ring (bicyclic) bond motifs is 1. The van der Waals surface area contributed by atoms with Crippen molar-refractivity contribution in [2.45, 2.75) is 10.3 Å². The fourth-order valence-electron chi connectivity index (χ4n) is 2.04. The molecule has 0 fully saturated rings. The Morgan fingerprint density at radius 1 is 1.16 bits per heavy atom. The van der Waals surface area contributed by atoms with E-state index in [0.29, 0.717) is 5.69 Å². The highest BCUT2D eigenvalue weighted by atomic mass is 32.1. The SMILES string of the molecule is C=CC(C=N)(C=N)c1ccc2c(S)c(N)ccc2c1. The highest BCUT2D eigenvalue weighted by Gasteiger charge is 2.23. The van der Waals surface area contributed by atoms with Crippen molar-refractivity contribution >= 4 is 41.5 Å². The molecular formula is C15H15N3S. The third kappa shape index (κ3) is 2.04. The maximum atomic E-state index is 7.55.